The molecular weight excluding hydrogens is 236 g/mol. The monoisotopic (exact) mass is 252 g/mol. The first-order valence-corrected chi connectivity index (χ1v) is 6.67. The van der Waals surface area contributed by atoms with Crippen molar-refractivity contribution in [3.63, 3.8) is 0 Å². The Kier molecular flexibility index (Phi) is 4.22. The lowest BCUT2D eigenvalue weighted by Crippen LogP contribution is -2.30. The molecule has 0 radical (unpaired) electrons. The zero-order valence-electron chi connectivity index (χ0n) is 9.48. The van der Waals surface area contributed by atoms with Crippen LogP contribution in [0.1, 0.15) is 23.3 Å². The summed E-state index contributed by atoms with van der Waals surface area (Å²) in [7, 11) is 0. The number of carbonyl (C=O) groups is 1. The number of carbonyl (C=O) groups excluding carboxylic acids is 1. The molecule has 4 N–H and O–H groups in total. The van der Waals surface area contributed by atoms with Crippen LogP contribution in [-0.4, -0.2) is 28.4 Å². The predicted molar refractivity (Wildman–Crippen MR) is 69.9 cm³/mol. The molecule has 6 heteroatoms. The van der Waals surface area contributed by atoms with Crippen molar-refractivity contribution in [2.45, 2.75) is 18.1 Å². The molecule has 0 aromatic carbocycles. The van der Waals surface area contributed by atoms with Crippen LogP contribution in [0.25, 0.3) is 0 Å². The van der Waals surface area contributed by atoms with Gasteiger partial charge in [-0.15, -0.1) is 0 Å². The number of nitrogens with zero attached hydrogens (tertiary/aromatic N) is 1. The number of nitrogens with two attached hydrogens (primary N) is 1. The molecule has 0 bridgehead atoms. The molecule has 2 rings (SSSR count). The van der Waals surface area contributed by atoms with Gasteiger partial charge in [-0.2, -0.15) is 11.8 Å². The quantitative estimate of drug-likeness (QED) is 0.550. The zero-order chi connectivity index (χ0) is 12.1. The lowest BCUT2D eigenvalue weighted by atomic mass is 10.2. The van der Waals surface area contributed by atoms with E-state index in [9.17, 15) is 4.79 Å². The molecule has 1 amide bonds. The third-order valence-corrected chi connectivity index (χ3v) is 4.08. The van der Waals surface area contributed by atoms with Gasteiger partial charge in [0.25, 0.3) is 5.91 Å². The van der Waals surface area contributed by atoms with E-state index < -0.39 is 0 Å². The third kappa shape index (κ3) is 3.34. The van der Waals surface area contributed by atoms with Crippen LogP contribution in [0.3, 0.4) is 0 Å². The summed E-state index contributed by atoms with van der Waals surface area (Å²) in [5.41, 5.74) is 3.58. The highest BCUT2D eigenvalue weighted by atomic mass is 32.2. The van der Waals surface area contributed by atoms with E-state index in [1.165, 1.54) is 18.6 Å². The molecule has 1 fully saturated rings. The maximum Gasteiger partial charge on any atom is 0.269 e. The summed E-state index contributed by atoms with van der Waals surface area (Å²) in [5.74, 6) is 6.30. The molecule has 1 unspecified atom stereocenters. The first-order chi connectivity index (χ1) is 8.29. The van der Waals surface area contributed by atoms with Gasteiger partial charge in [-0.25, -0.2) is 4.98 Å². The van der Waals surface area contributed by atoms with Crippen molar-refractivity contribution in [1.29, 1.82) is 0 Å². The summed E-state index contributed by atoms with van der Waals surface area (Å²) in [5, 5.41) is 3.46. The fraction of sp³-hybridized carbons (Fsp3) is 0.455. The van der Waals surface area contributed by atoms with Gasteiger partial charge < -0.3 is 10.7 Å². The first-order valence-electron chi connectivity index (χ1n) is 5.62. The van der Waals surface area contributed by atoms with Crippen molar-refractivity contribution >= 4 is 23.4 Å². The second-order valence-electron chi connectivity index (χ2n) is 3.92. The molecule has 1 aromatic heterocycles. The minimum Gasteiger partial charge on any atom is -0.350 e. The Balaban J connectivity index is 1.85. The SMILES string of the molecule is NNc1ccc(C(=O)NCC2CCCS2)nc1. The van der Waals surface area contributed by atoms with Gasteiger partial charge in [0.05, 0.1) is 11.9 Å². The Morgan fingerprint density at radius 2 is 2.47 bits per heavy atom. The molecule has 5 nitrogen and oxygen atoms in total. The highest BCUT2D eigenvalue weighted by molar-refractivity contribution is 8.00. The van der Waals surface area contributed by atoms with Crippen LogP contribution in [0.5, 0.6) is 0 Å². The average molecular weight is 252 g/mol. The van der Waals surface area contributed by atoms with Gasteiger partial charge in [-0.3, -0.25) is 10.6 Å². The molecule has 2 heterocycles. The van der Waals surface area contributed by atoms with Gasteiger partial charge in [-0.05, 0) is 30.7 Å². The van der Waals surface area contributed by atoms with Gasteiger partial charge in [0.15, 0.2) is 0 Å². The zero-order valence-corrected chi connectivity index (χ0v) is 10.3. The van der Waals surface area contributed by atoms with Crippen molar-refractivity contribution < 1.29 is 4.79 Å². The van der Waals surface area contributed by atoms with E-state index in [1.807, 2.05) is 11.8 Å². The molecule has 17 heavy (non-hydrogen) atoms. The van der Waals surface area contributed by atoms with Gasteiger partial charge >= 0.3 is 0 Å². The van der Waals surface area contributed by atoms with Crippen LogP contribution in [-0.2, 0) is 0 Å². The number of nitrogen functional groups attached to an aromatic ring is 1. The minimum atomic E-state index is -0.124. The van der Waals surface area contributed by atoms with Crippen LogP contribution >= 0.6 is 11.8 Å². The first kappa shape index (κ1) is 12.2. The molecule has 0 spiro atoms. The van der Waals surface area contributed by atoms with E-state index in [2.05, 4.69) is 15.7 Å². The van der Waals surface area contributed by atoms with Crippen molar-refractivity contribution in [3.05, 3.63) is 24.0 Å². The maximum atomic E-state index is 11.8. The van der Waals surface area contributed by atoms with Crippen LogP contribution < -0.4 is 16.6 Å². The Hall–Kier alpha value is -1.27. The molecule has 1 saturated heterocycles. The third-order valence-electron chi connectivity index (χ3n) is 2.68. The normalized spacial score (nSPS) is 19.0. The highest BCUT2D eigenvalue weighted by Crippen LogP contribution is 2.25. The number of hydrazine groups is 1. The van der Waals surface area contributed by atoms with Crippen molar-refractivity contribution in [3.8, 4) is 0 Å². The standard InChI is InChI=1S/C11H16N4OS/c12-15-8-3-4-10(13-6-8)11(16)14-7-9-2-1-5-17-9/h3-4,6,9,15H,1-2,5,7,12H2,(H,14,16). The molecule has 92 valence electrons. The van der Waals surface area contributed by atoms with Gasteiger partial charge in [0.1, 0.15) is 5.69 Å². The van der Waals surface area contributed by atoms with E-state index in [0.29, 0.717) is 16.6 Å². The number of rotatable bonds is 4. The molecule has 1 aliphatic rings. The van der Waals surface area contributed by atoms with E-state index >= 15 is 0 Å². The Morgan fingerprint density at radius 1 is 1.59 bits per heavy atom. The largest absolute Gasteiger partial charge is 0.350 e. The van der Waals surface area contributed by atoms with Crippen molar-refractivity contribution in [2.24, 2.45) is 5.84 Å². The molecule has 1 atom stereocenters. The lowest BCUT2D eigenvalue weighted by Gasteiger charge is -2.09. The van der Waals surface area contributed by atoms with Crippen LogP contribution in [0.4, 0.5) is 5.69 Å². The van der Waals surface area contributed by atoms with Crippen LogP contribution in [0.2, 0.25) is 0 Å². The highest BCUT2D eigenvalue weighted by Gasteiger charge is 2.16. The Bertz CT molecular complexity index is 376. The topological polar surface area (TPSA) is 80.0 Å². The van der Waals surface area contributed by atoms with E-state index in [-0.39, 0.29) is 5.91 Å². The number of aromatic nitrogens is 1. The molecule has 1 aromatic rings. The minimum absolute atomic E-state index is 0.124. The van der Waals surface area contributed by atoms with Gasteiger partial charge in [0.2, 0.25) is 0 Å². The number of anilines is 1. The predicted octanol–water partition coefficient (Wildman–Crippen LogP) is 0.993. The number of thioether (sulfide) groups is 1. The van der Waals surface area contributed by atoms with Crippen molar-refractivity contribution in [2.75, 3.05) is 17.7 Å². The second kappa shape index (κ2) is 5.88. The summed E-state index contributed by atoms with van der Waals surface area (Å²) in [6.07, 6.45) is 3.98. The molecule has 1 aliphatic heterocycles. The van der Waals surface area contributed by atoms with E-state index in [4.69, 9.17) is 5.84 Å². The second-order valence-corrected chi connectivity index (χ2v) is 5.33. The summed E-state index contributed by atoms with van der Waals surface area (Å²) < 4.78 is 0. The Morgan fingerprint density at radius 3 is 3.06 bits per heavy atom. The average Bonchev–Trinajstić information content (AvgIpc) is 2.89. The summed E-state index contributed by atoms with van der Waals surface area (Å²) in [6.45, 7) is 0.724. The molecule has 0 aliphatic carbocycles. The number of hydrogen-bond donors (Lipinski definition) is 3. The fourth-order valence-corrected chi connectivity index (χ4v) is 2.92. The van der Waals surface area contributed by atoms with E-state index in [0.717, 1.165) is 6.54 Å². The molecular formula is C11H16N4OS. The number of amides is 1. The smallest absolute Gasteiger partial charge is 0.269 e. The van der Waals surface area contributed by atoms with Crippen LogP contribution in [0, 0.1) is 0 Å². The van der Waals surface area contributed by atoms with Gasteiger partial charge in [0, 0.05) is 11.8 Å². The van der Waals surface area contributed by atoms with Gasteiger partial charge in [-0.1, -0.05) is 0 Å². The number of pyridine rings is 1. The Labute approximate surface area is 105 Å². The summed E-state index contributed by atoms with van der Waals surface area (Å²) in [4.78, 5) is 15.8. The number of nitrogens with one attached hydrogen (secondary N) is 2. The van der Waals surface area contributed by atoms with E-state index in [1.54, 1.807) is 18.3 Å². The summed E-state index contributed by atoms with van der Waals surface area (Å²) in [6, 6.07) is 3.39. The fourth-order valence-electron chi connectivity index (χ4n) is 1.72. The molecule has 0 saturated carbocycles. The van der Waals surface area contributed by atoms with Crippen LogP contribution in [0.15, 0.2) is 18.3 Å². The summed E-state index contributed by atoms with van der Waals surface area (Å²) >= 11 is 1.92. The lowest BCUT2D eigenvalue weighted by molar-refractivity contribution is 0.0949. The maximum absolute atomic E-state index is 11.8. The van der Waals surface area contributed by atoms with Crippen molar-refractivity contribution in [1.82, 2.24) is 10.3 Å². The number of hydrogen-bond acceptors (Lipinski definition) is 5.